The second kappa shape index (κ2) is 3.45. The second-order valence-corrected chi connectivity index (χ2v) is 5.05. The maximum atomic E-state index is 10.6. The van der Waals surface area contributed by atoms with Crippen LogP contribution >= 0.6 is 11.3 Å². The van der Waals surface area contributed by atoms with Crippen molar-refractivity contribution < 1.29 is 4.79 Å². The van der Waals surface area contributed by atoms with Crippen LogP contribution in [-0.2, 0) is 0 Å². The van der Waals surface area contributed by atoms with Crippen LogP contribution in [0.1, 0.15) is 28.6 Å². The first-order valence-corrected chi connectivity index (χ1v) is 5.99. The normalized spacial score (nSPS) is 15.2. The molecule has 2 N–H and O–H groups in total. The molecule has 1 saturated carbocycles. The summed E-state index contributed by atoms with van der Waals surface area (Å²) < 4.78 is 1.88. The number of aromatic nitrogens is 2. The fraction of sp³-hybridized carbons (Fsp3) is 0.273. The van der Waals surface area contributed by atoms with Crippen molar-refractivity contribution in [2.75, 3.05) is 5.73 Å². The summed E-state index contributed by atoms with van der Waals surface area (Å²) in [5.74, 6) is 0.710. The van der Waals surface area contributed by atoms with E-state index >= 15 is 0 Å². The number of hydrogen-bond acceptors (Lipinski definition) is 4. The van der Waals surface area contributed by atoms with E-state index in [1.54, 1.807) is 12.3 Å². The summed E-state index contributed by atoms with van der Waals surface area (Å²) in [5.41, 5.74) is 6.98. The molecule has 0 aromatic carbocycles. The Hall–Kier alpha value is -1.62. The Morgan fingerprint density at radius 3 is 2.94 bits per heavy atom. The molecule has 0 amide bonds. The summed E-state index contributed by atoms with van der Waals surface area (Å²) >= 11 is 1.44. The van der Waals surface area contributed by atoms with E-state index in [0.717, 1.165) is 29.6 Å². The molecule has 5 heteroatoms. The van der Waals surface area contributed by atoms with Gasteiger partial charge in [-0.15, -0.1) is 11.3 Å². The number of nitrogen functional groups attached to an aromatic ring is 1. The predicted octanol–water partition coefficient (Wildman–Crippen LogP) is 2.34. The minimum Gasteiger partial charge on any atom is -0.383 e. The molecule has 0 radical (unpaired) electrons. The summed E-state index contributed by atoms with van der Waals surface area (Å²) in [6.45, 7) is 0. The van der Waals surface area contributed by atoms with Gasteiger partial charge in [-0.25, -0.2) is 4.68 Å². The molecule has 2 aromatic heterocycles. The van der Waals surface area contributed by atoms with Crippen molar-refractivity contribution in [3.63, 3.8) is 0 Å². The highest BCUT2D eigenvalue weighted by atomic mass is 32.1. The van der Waals surface area contributed by atoms with Crippen LogP contribution in [0.2, 0.25) is 0 Å². The molecule has 1 fully saturated rings. The van der Waals surface area contributed by atoms with Crippen LogP contribution in [0.3, 0.4) is 0 Å². The Morgan fingerprint density at radius 2 is 2.31 bits per heavy atom. The van der Waals surface area contributed by atoms with Crippen LogP contribution in [0.4, 0.5) is 5.82 Å². The molecule has 1 aliphatic carbocycles. The van der Waals surface area contributed by atoms with Gasteiger partial charge in [0, 0.05) is 4.88 Å². The molecule has 1 aliphatic rings. The Bertz CT molecular complexity index is 539. The maximum absolute atomic E-state index is 10.6. The van der Waals surface area contributed by atoms with E-state index in [1.807, 2.05) is 10.7 Å². The van der Waals surface area contributed by atoms with Gasteiger partial charge >= 0.3 is 0 Å². The average Bonchev–Trinajstić information content (AvgIpc) is 2.89. The topological polar surface area (TPSA) is 60.9 Å². The van der Waals surface area contributed by atoms with Gasteiger partial charge in [-0.2, -0.15) is 5.10 Å². The van der Waals surface area contributed by atoms with Gasteiger partial charge in [-0.05, 0) is 25.0 Å². The highest BCUT2D eigenvalue weighted by molar-refractivity contribution is 7.17. The monoisotopic (exact) mass is 233 g/mol. The lowest BCUT2D eigenvalue weighted by molar-refractivity contribution is 0.112. The smallest absolute Gasteiger partial charge is 0.160 e. The third kappa shape index (κ3) is 1.44. The van der Waals surface area contributed by atoms with Crippen molar-refractivity contribution in [1.82, 2.24) is 9.78 Å². The third-order valence-corrected chi connectivity index (χ3v) is 3.78. The number of carbonyl (C=O) groups is 1. The molecule has 2 aromatic rings. The molecule has 4 nitrogen and oxygen atoms in total. The third-order valence-electron chi connectivity index (χ3n) is 2.74. The lowest BCUT2D eigenvalue weighted by atomic mass is 10.2. The van der Waals surface area contributed by atoms with E-state index < -0.39 is 0 Å². The van der Waals surface area contributed by atoms with Crippen LogP contribution in [0.25, 0.3) is 10.4 Å². The number of rotatable bonds is 3. The molecule has 82 valence electrons. The van der Waals surface area contributed by atoms with Crippen LogP contribution in [0, 0.1) is 0 Å². The van der Waals surface area contributed by atoms with Crippen molar-refractivity contribution in [3.8, 4) is 10.4 Å². The fourth-order valence-electron chi connectivity index (χ4n) is 1.73. The maximum Gasteiger partial charge on any atom is 0.160 e. The Labute approximate surface area is 96.7 Å². The molecule has 0 spiro atoms. The van der Waals surface area contributed by atoms with E-state index in [-0.39, 0.29) is 0 Å². The highest BCUT2D eigenvalue weighted by Crippen LogP contribution is 2.40. The largest absolute Gasteiger partial charge is 0.383 e. The van der Waals surface area contributed by atoms with Crippen molar-refractivity contribution in [3.05, 3.63) is 23.2 Å². The molecular formula is C11H11N3OS. The van der Waals surface area contributed by atoms with E-state index in [2.05, 4.69) is 5.10 Å². The van der Waals surface area contributed by atoms with E-state index in [9.17, 15) is 4.79 Å². The van der Waals surface area contributed by atoms with Gasteiger partial charge in [0.1, 0.15) is 5.82 Å². The quantitative estimate of drug-likeness (QED) is 0.828. The SMILES string of the molecule is Nc1c(-c2ccc(C=O)s2)cnn1C1CC1. The van der Waals surface area contributed by atoms with Crippen molar-refractivity contribution >= 4 is 23.4 Å². The zero-order valence-corrected chi connectivity index (χ0v) is 9.41. The first-order chi connectivity index (χ1) is 7.79. The van der Waals surface area contributed by atoms with Crippen LogP contribution < -0.4 is 5.73 Å². The average molecular weight is 233 g/mol. The fourth-order valence-corrected chi connectivity index (χ4v) is 2.57. The lowest BCUT2D eigenvalue weighted by Gasteiger charge is -2.01. The number of thiophene rings is 1. The first kappa shape index (κ1) is 9.59. The predicted molar refractivity (Wildman–Crippen MR) is 63.6 cm³/mol. The van der Waals surface area contributed by atoms with Gasteiger partial charge in [0.05, 0.1) is 22.7 Å². The highest BCUT2D eigenvalue weighted by Gasteiger charge is 2.27. The lowest BCUT2D eigenvalue weighted by Crippen LogP contribution is -2.01. The van der Waals surface area contributed by atoms with E-state index in [4.69, 9.17) is 5.73 Å². The van der Waals surface area contributed by atoms with E-state index in [0.29, 0.717) is 16.7 Å². The molecule has 0 bridgehead atoms. The second-order valence-electron chi connectivity index (χ2n) is 3.94. The molecule has 3 rings (SSSR count). The summed E-state index contributed by atoms with van der Waals surface area (Å²) in [6, 6.07) is 4.21. The standard InChI is InChI=1S/C11H11N3OS/c12-11-9(5-13-14(11)7-1-2-7)10-4-3-8(6-15)16-10/h3-7H,1-2,12H2. The van der Waals surface area contributed by atoms with Crippen LogP contribution in [0.15, 0.2) is 18.3 Å². The summed E-state index contributed by atoms with van der Waals surface area (Å²) in [4.78, 5) is 12.3. The molecule has 0 aliphatic heterocycles. The van der Waals surface area contributed by atoms with Gasteiger partial charge in [-0.3, -0.25) is 4.79 Å². The molecule has 0 saturated heterocycles. The summed E-state index contributed by atoms with van der Waals surface area (Å²) in [6.07, 6.45) is 4.97. The number of carbonyl (C=O) groups excluding carboxylic acids is 1. The minimum absolute atomic E-state index is 0.485. The van der Waals surface area contributed by atoms with Gasteiger partial charge in [-0.1, -0.05) is 0 Å². The number of nitrogens with zero attached hydrogens (tertiary/aromatic N) is 2. The summed E-state index contributed by atoms with van der Waals surface area (Å²) in [5, 5.41) is 4.30. The summed E-state index contributed by atoms with van der Waals surface area (Å²) in [7, 11) is 0. The number of hydrogen-bond donors (Lipinski definition) is 1. The van der Waals surface area contributed by atoms with Gasteiger partial charge in [0.25, 0.3) is 0 Å². The Kier molecular flexibility index (Phi) is 2.07. The molecular weight excluding hydrogens is 222 g/mol. The van der Waals surface area contributed by atoms with Crippen molar-refractivity contribution in [2.24, 2.45) is 0 Å². The van der Waals surface area contributed by atoms with E-state index in [1.165, 1.54) is 11.3 Å². The minimum atomic E-state index is 0.485. The molecule has 2 heterocycles. The van der Waals surface area contributed by atoms with Gasteiger partial charge < -0.3 is 5.73 Å². The van der Waals surface area contributed by atoms with Crippen molar-refractivity contribution in [2.45, 2.75) is 18.9 Å². The number of anilines is 1. The Morgan fingerprint density at radius 1 is 1.50 bits per heavy atom. The van der Waals surface area contributed by atoms with Gasteiger partial charge in [0.15, 0.2) is 6.29 Å². The van der Waals surface area contributed by atoms with Crippen LogP contribution in [-0.4, -0.2) is 16.1 Å². The zero-order chi connectivity index (χ0) is 11.1. The van der Waals surface area contributed by atoms with Crippen molar-refractivity contribution in [1.29, 1.82) is 0 Å². The zero-order valence-electron chi connectivity index (χ0n) is 8.59. The van der Waals surface area contributed by atoms with Crippen LogP contribution in [0.5, 0.6) is 0 Å². The molecule has 0 atom stereocenters. The molecule has 0 unspecified atom stereocenters. The van der Waals surface area contributed by atoms with Gasteiger partial charge in [0.2, 0.25) is 0 Å². The number of aldehydes is 1. The Balaban J connectivity index is 2.02. The first-order valence-electron chi connectivity index (χ1n) is 5.18. The number of nitrogens with two attached hydrogens (primary N) is 1. The molecule has 16 heavy (non-hydrogen) atoms.